The Hall–Kier alpha value is -1.56. The monoisotopic (exact) mass is 197 g/mol. The lowest BCUT2D eigenvalue weighted by molar-refractivity contribution is -0.121. The van der Waals surface area contributed by atoms with Crippen LogP contribution in [0.15, 0.2) is 11.6 Å². The molecule has 4 N–H and O–H groups in total. The maximum Gasteiger partial charge on any atom is 0.318 e. The van der Waals surface area contributed by atoms with Crippen LogP contribution in [0.5, 0.6) is 0 Å². The van der Waals surface area contributed by atoms with Gasteiger partial charge in [-0.1, -0.05) is 6.08 Å². The third-order valence-corrected chi connectivity index (χ3v) is 2.49. The largest absolute Gasteiger partial charge is 0.392 e. The Balaban J connectivity index is 2.35. The van der Waals surface area contributed by atoms with Crippen LogP contribution in [0.1, 0.15) is 0 Å². The summed E-state index contributed by atoms with van der Waals surface area (Å²) in [6.45, 7) is 0.186. The summed E-state index contributed by atoms with van der Waals surface area (Å²) in [5, 5.41) is 11.7. The van der Waals surface area contributed by atoms with Crippen LogP contribution in [-0.2, 0) is 4.79 Å². The van der Waals surface area contributed by atoms with Crippen LogP contribution in [0.4, 0.5) is 4.79 Å². The van der Waals surface area contributed by atoms with E-state index in [1.165, 1.54) is 4.90 Å². The first-order valence-corrected chi connectivity index (χ1v) is 4.31. The van der Waals surface area contributed by atoms with Crippen molar-refractivity contribution in [3.8, 4) is 0 Å². The number of primary amides is 1. The highest BCUT2D eigenvalue weighted by Crippen LogP contribution is 2.22. The number of rotatable bonds is 2. The molecule has 0 radical (unpaired) electrons. The van der Waals surface area contributed by atoms with Crippen molar-refractivity contribution in [2.45, 2.75) is 12.1 Å². The van der Waals surface area contributed by atoms with Gasteiger partial charge < -0.3 is 21.1 Å². The third-order valence-electron chi connectivity index (χ3n) is 2.49. The summed E-state index contributed by atoms with van der Waals surface area (Å²) in [5.41, 5.74) is 5.66. The highest BCUT2D eigenvalue weighted by molar-refractivity contribution is 5.91. The molecule has 14 heavy (non-hydrogen) atoms. The SMILES string of the molecule is NC(=O)C1C(CO)=CC2CN1C(=O)N2. The predicted molar refractivity (Wildman–Crippen MR) is 47.2 cm³/mol. The van der Waals surface area contributed by atoms with Gasteiger partial charge in [-0.25, -0.2) is 4.79 Å². The van der Waals surface area contributed by atoms with Crippen molar-refractivity contribution in [2.24, 2.45) is 5.73 Å². The van der Waals surface area contributed by atoms with E-state index in [1.807, 2.05) is 0 Å². The fourth-order valence-corrected chi connectivity index (χ4v) is 1.92. The number of aliphatic hydroxyl groups excluding tert-OH is 1. The standard InChI is InChI=1S/C8H11N3O3/c9-7(13)6-4(3-12)1-5-2-11(6)8(14)10-5/h1,5-6,12H,2-3H2,(H2,9,13)(H,10,14). The molecule has 0 aromatic rings. The first-order valence-electron chi connectivity index (χ1n) is 4.31. The summed E-state index contributed by atoms with van der Waals surface area (Å²) in [6.07, 6.45) is 1.69. The van der Waals surface area contributed by atoms with Crippen LogP contribution < -0.4 is 11.1 Å². The number of carbonyl (C=O) groups is 2. The molecular formula is C8H11N3O3. The zero-order valence-electron chi connectivity index (χ0n) is 7.43. The molecule has 1 fully saturated rings. The summed E-state index contributed by atoms with van der Waals surface area (Å²) < 4.78 is 0. The number of nitrogens with one attached hydrogen (secondary N) is 1. The molecule has 2 rings (SSSR count). The quantitative estimate of drug-likeness (QED) is 0.454. The maximum atomic E-state index is 11.3. The Morgan fingerprint density at radius 2 is 2.50 bits per heavy atom. The number of nitrogens with zero attached hydrogens (tertiary/aromatic N) is 1. The normalized spacial score (nSPS) is 29.9. The van der Waals surface area contributed by atoms with Gasteiger partial charge in [-0.3, -0.25) is 4.79 Å². The van der Waals surface area contributed by atoms with Gasteiger partial charge in [-0.15, -0.1) is 0 Å². The first kappa shape index (κ1) is 9.01. The van der Waals surface area contributed by atoms with Crippen LogP contribution in [0.3, 0.4) is 0 Å². The lowest BCUT2D eigenvalue weighted by atomic mass is 9.99. The second-order valence-corrected chi connectivity index (χ2v) is 3.41. The van der Waals surface area contributed by atoms with E-state index in [4.69, 9.17) is 10.8 Å². The zero-order valence-corrected chi connectivity index (χ0v) is 7.43. The Bertz CT molecular complexity index is 326. The minimum Gasteiger partial charge on any atom is -0.392 e. The fourth-order valence-electron chi connectivity index (χ4n) is 1.92. The average molecular weight is 197 g/mol. The number of nitrogens with two attached hydrogens (primary N) is 1. The van der Waals surface area contributed by atoms with Crippen molar-refractivity contribution in [3.05, 3.63) is 11.6 Å². The van der Waals surface area contributed by atoms with Gasteiger partial charge in [-0.05, 0) is 5.57 Å². The van der Waals surface area contributed by atoms with Crippen LogP contribution in [-0.4, -0.2) is 47.2 Å². The molecule has 6 heteroatoms. The lowest BCUT2D eigenvalue weighted by Gasteiger charge is -2.28. The number of hydrogen-bond acceptors (Lipinski definition) is 3. The molecule has 1 saturated heterocycles. The predicted octanol–water partition coefficient (Wildman–Crippen LogP) is -1.83. The van der Waals surface area contributed by atoms with Crippen molar-refractivity contribution >= 4 is 11.9 Å². The van der Waals surface area contributed by atoms with Gasteiger partial charge in [0.05, 0.1) is 12.6 Å². The summed E-state index contributed by atoms with van der Waals surface area (Å²) >= 11 is 0. The van der Waals surface area contributed by atoms with Crippen molar-refractivity contribution in [2.75, 3.05) is 13.2 Å². The number of hydrogen-bond donors (Lipinski definition) is 3. The van der Waals surface area contributed by atoms with E-state index in [1.54, 1.807) is 6.08 Å². The Labute approximate surface area is 80.4 Å². The van der Waals surface area contributed by atoms with Crippen molar-refractivity contribution < 1.29 is 14.7 Å². The number of fused-ring (bicyclic) bond motifs is 2. The molecule has 0 spiro atoms. The molecule has 6 nitrogen and oxygen atoms in total. The highest BCUT2D eigenvalue weighted by Gasteiger charge is 2.41. The summed E-state index contributed by atoms with van der Waals surface area (Å²) in [6, 6.07) is -1.21. The second kappa shape index (κ2) is 2.98. The molecule has 2 aliphatic rings. The van der Waals surface area contributed by atoms with Gasteiger partial charge in [0.2, 0.25) is 5.91 Å². The van der Waals surface area contributed by atoms with Crippen LogP contribution in [0, 0.1) is 0 Å². The molecule has 2 unspecified atom stereocenters. The third kappa shape index (κ3) is 1.15. The highest BCUT2D eigenvalue weighted by atomic mass is 16.3. The molecule has 2 atom stereocenters. The molecule has 2 bridgehead atoms. The Morgan fingerprint density at radius 3 is 3.07 bits per heavy atom. The second-order valence-electron chi connectivity index (χ2n) is 3.41. The van der Waals surface area contributed by atoms with Crippen LogP contribution in [0.25, 0.3) is 0 Å². The van der Waals surface area contributed by atoms with Crippen LogP contribution in [0.2, 0.25) is 0 Å². The molecule has 0 aromatic heterocycles. The minimum atomic E-state index is -0.793. The number of urea groups is 1. The van der Waals surface area contributed by atoms with E-state index in [2.05, 4.69) is 5.32 Å². The van der Waals surface area contributed by atoms with Gasteiger partial charge in [-0.2, -0.15) is 0 Å². The minimum absolute atomic E-state index is 0.111. The Kier molecular flexibility index (Phi) is 1.92. The number of amides is 3. The van der Waals surface area contributed by atoms with Crippen LogP contribution >= 0.6 is 0 Å². The van der Waals surface area contributed by atoms with E-state index in [0.717, 1.165) is 0 Å². The first-order chi connectivity index (χ1) is 6.63. The fraction of sp³-hybridized carbons (Fsp3) is 0.500. The summed E-state index contributed by atoms with van der Waals surface area (Å²) in [4.78, 5) is 23.8. The van der Waals surface area contributed by atoms with E-state index in [9.17, 15) is 9.59 Å². The molecule has 2 heterocycles. The van der Waals surface area contributed by atoms with Gasteiger partial charge in [0, 0.05) is 6.54 Å². The molecule has 2 aliphatic heterocycles. The topological polar surface area (TPSA) is 95.7 Å². The number of aliphatic hydroxyl groups is 1. The molecular weight excluding hydrogens is 186 g/mol. The van der Waals surface area contributed by atoms with Gasteiger partial charge in [0.15, 0.2) is 0 Å². The zero-order chi connectivity index (χ0) is 10.3. The summed E-state index contributed by atoms with van der Waals surface area (Å²) in [5.74, 6) is -0.610. The summed E-state index contributed by atoms with van der Waals surface area (Å²) in [7, 11) is 0. The van der Waals surface area contributed by atoms with Gasteiger partial charge in [0.25, 0.3) is 0 Å². The van der Waals surface area contributed by atoms with Crippen molar-refractivity contribution in [1.29, 1.82) is 0 Å². The molecule has 0 aliphatic carbocycles. The van der Waals surface area contributed by atoms with E-state index >= 15 is 0 Å². The average Bonchev–Trinajstić information content (AvgIpc) is 2.41. The smallest absolute Gasteiger partial charge is 0.318 e. The van der Waals surface area contributed by atoms with Gasteiger partial charge in [0.1, 0.15) is 6.04 Å². The molecule has 0 aromatic carbocycles. The van der Waals surface area contributed by atoms with Gasteiger partial charge >= 0.3 is 6.03 Å². The lowest BCUT2D eigenvalue weighted by Crippen LogP contribution is -2.49. The molecule has 76 valence electrons. The van der Waals surface area contributed by atoms with E-state index in [0.29, 0.717) is 12.1 Å². The number of carbonyl (C=O) groups excluding carboxylic acids is 2. The van der Waals surface area contributed by atoms with Crippen molar-refractivity contribution in [1.82, 2.24) is 10.2 Å². The molecule has 0 saturated carbocycles. The molecule has 3 amide bonds. The maximum absolute atomic E-state index is 11.3. The Morgan fingerprint density at radius 1 is 1.79 bits per heavy atom. The van der Waals surface area contributed by atoms with E-state index < -0.39 is 11.9 Å². The van der Waals surface area contributed by atoms with Crippen molar-refractivity contribution in [3.63, 3.8) is 0 Å². The van der Waals surface area contributed by atoms with E-state index in [-0.39, 0.29) is 18.7 Å².